The van der Waals surface area contributed by atoms with Crippen molar-refractivity contribution in [3.8, 4) is 0 Å². The Hall–Kier alpha value is -1.49. The Balaban J connectivity index is 3.80. The standard InChI is InChI=1S/C13H23N3O2/c1-10(9-12(15-3)11(2)17)6-8-16-13(18)5-4-7-14/h7,12,14-15H,1,4-6,8-9H2,2-3H3,(H,16,18). The van der Waals surface area contributed by atoms with Crippen LogP contribution in [0.3, 0.4) is 0 Å². The lowest BCUT2D eigenvalue weighted by molar-refractivity contribution is -0.121. The van der Waals surface area contributed by atoms with Crippen LogP contribution in [0, 0.1) is 5.41 Å². The zero-order valence-electron chi connectivity index (χ0n) is 11.2. The van der Waals surface area contributed by atoms with Crippen LogP contribution in [-0.4, -0.2) is 37.5 Å². The third kappa shape index (κ3) is 7.73. The van der Waals surface area contributed by atoms with Gasteiger partial charge in [-0.05, 0) is 39.4 Å². The second-order valence-corrected chi connectivity index (χ2v) is 4.25. The lowest BCUT2D eigenvalue weighted by atomic mass is 10.0. The van der Waals surface area contributed by atoms with Gasteiger partial charge in [0.05, 0.1) is 6.04 Å². The molecular formula is C13H23N3O2. The van der Waals surface area contributed by atoms with E-state index in [9.17, 15) is 9.59 Å². The molecule has 0 aliphatic heterocycles. The SMILES string of the molecule is C=C(CCNC(=O)CCC=N)CC(NC)C(C)=O. The van der Waals surface area contributed by atoms with E-state index in [0.717, 1.165) is 5.57 Å². The van der Waals surface area contributed by atoms with Crippen LogP contribution in [0.2, 0.25) is 0 Å². The molecule has 0 bridgehead atoms. The molecular weight excluding hydrogens is 230 g/mol. The number of nitrogens with one attached hydrogen (secondary N) is 3. The summed E-state index contributed by atoms with van der Waals surface area (Å²) in [7, 11) is 1.75. The van der Waals surface area contributed by atoms with Crippen molar-refractivity contribution >= 4 is 17.9 Å². The summed E-state index contributed by atoms with van der Waals surface area (Å²) in [6.45, 7) is 5.99. The largest absolute Gasteiger partial charge is 0.356 e. The Kier molecular flexibility index (Phi) is 8.74. The van der Waals surface area contributed by atoms with Crippen LogP contribution < -0.4 is 10.6 Å². The predicted octanol–water partition coefficient (Wildman–Crippen LogP) is 1.05. The number of carbonyl (C=O) groups excluding carboxylic acids is 2. The molecule has 1 unspecified atom stereocenters. The van der Waals surface area contributed by atoms with Crippen LogP contribution in [0.1, 0.15) is 32.6 Å². The van der Waals surface area contributed by atoms with E-state index < -0.39 is 0 Å². The molecule has 5 heteroatoms. The maximum Gasteiger partial charge on any atom is 0.220 e. The molecule has 0 radical (unpaired) electrons. The summed E-state index contributed by atoms with van der Waals surface area (Å²) in [5.41, 5.74) is 0.942. The van der Waals surface area contributed by atoms with Gasteiger partial charge in [0.25, 0.3) is 0 Å². The molecule has 0 aliphatic carbocycles. The van der Waals surface area contributed by atoms with Crippen molar-refractivity contribution in [3.05, 3.63) is 12.2 Å². The fraction of sp³-hybridized carbons (Fsp3) is 0.615. The lowest BCUT2D eigenvalue weighted by Crippen LogP contribution is -2.33. The molecule has 102 valence electrons. The number of likely N-dealkylation sites (N-methyl/N-ethyl adjacent to an activating group) is 1. The van der Waals surface area contributed by atoms with E-state index in [0.29, 0.717) is 32.2 Å². The Labute approximate surface area is 109 Å². The smallest absolute Gasteiger partial charge is 0.220 e. The van der Waals surface area contributed by atoms with Gasteiger partial charge in [-0.25, -0.2) is 0 Å². The number of hydrogen-bond donors (Lipinski definition) is 3. The highest BCUT2D eigenvalue weighted by Gasteiger charge is 2.12. The van der Waals surface area contributed by atoms with Gasteiger partial charge < -0.3 is 16.0 Å². The Morgan fingerprint density at radius 3 is 2.56 bits per heavy atom. The fourth-order valence-corrected chi connectivity index (χ4v) is 1.51. The van der Waals surface area contributed by atoms with Gasteiger partial charge in [0.15, 0.2) is 0 Å². The average molecular weight is 253 g/mol. The highest BCUT2D eigenvalue weighted by Crippen LogP contribution is 2.07. The van der Waals surface area contributed by atoms with Crippen molar-refractivity contribution in [1.29, 1.82) is 5.41 Å². The van der Waals surface area contributed by atoms with E-state index in [2.05, 4.69) is 17.2 Å². The fourth-order valence-electron chi connectivity index (χ4n) is 1.51. The molecule has 0 aliphatic rings. The monoisotopic (exact) mass is 253 g/mol. The quantitative estimate of drug-likeness (QED) is 0.402. The first kappa shape index (κ1) is 16.5. The normalized spacial score (nSPS) is 11.7. The van der Waals surface area contributed by atoms with Crippen LogP contribution in [0.15, 0.2) is 12.2 Å². The third-order valence-electron chi connectivity index (χ3n) is 2.65. The first-order valence-electron chi connectivity index (χ1n) is 6.11. The van der Waals surface area contributed by atoms with E-state index in [-0.39, 0.29) is 17.7 Å². The minimum atomic E-state index is -0.189. The number of amides is 1. The molecule has 0 saturated carbocycles. The van der Waals surface area contributed by atoms with Crippen LogP contribution in [0.4, 0.5) is 0 Å². The highest BCUT2D eigenvalue weighted by molar-refractivity contribution is 5.81. The molecule has 5 nitrogen and oxygen atoms in total. The molecule has 18 heavy (non-hydrogen) atoms. The van der Waals surface area contributed by atoms with E-state index >= 15 is 0 Å². The number of Topliss-reactive ketones (excluding diaryl/α,β-unsaturated/α-hetero) is 1. The molecule has 0 heterocycles. The summed E-state index contributed by atoms with van der Waals surface area (Å²) in [6.07, 6.45) is 3.31. The third-order valence-corrected chi connectivity index (χ3v) is 2.65. The summed E-state index contributed by atoms with van der Waals surface area (Å²) < 4.78 is 0. The molecule has 0 aromatic rings. The van der Waals surface area contributed by atoms with Crippen molar-refractivity contribution in [2.24, 2.45) is 0 Å². The van der Waals surface area contributed by atoms with E-state index in [1.807, 2.05) is 0 Å². The molecule has 1 atom stereocenters. The van der Waals surface area contributed by atoms with Gasteiger partial charge in [-0.15, -0.1) is 0 Å². The van der Waals surface area contributed by atoms with Gasteiger partial charge in [-0.1, -0.05) is 12.2 Å². The number of rotatable bonds is 10. The molecule has 0 spiro atoms. The Morgan fingerprint density at radius 1 is 1.39 bits per heavy atom. The minimum Gasteiger partial charge on any atom is -0.356 e. The highest BCUT2D eigenvalue weighted by atomic mass is 16.1. The first-order valence-corrected chi connectivity index (χ1v) is 6.11. The summed E-state index contributed by atoms with van der Waals surface area (Å²) in [5.74, 6) is 0.0386. The predicted molar refractivity (Wildman–Crippen MR) is 72.9 cm³/mol. The number of ketones is 1. The number of hydrogen-bond acceptors (Lipinski definition) is 4. The summed E-state index contributed by atoms with van der Waals surface area (Å²) in [5, 5.41) is 12.5. The molecule has 3 N–H and O–H groups in total. The van der Waals surface area contributed by atoms with Crippen molar-refractivity contribution in [3.63, 3.8) is 0 Å². The van der Waals surface area contributed by atoms with Crippen LogP contribution in [-0.2, 0) is 9.59 Å². The van der Waals surface area contributed by atoms with E-state index in [4.69, 9.17) is 5.41 Å². The minimum absolute atomic E-state index is 0.0527. The van der Waals surface area contributed by atoms with Gasteiger partial charge in [0.2, 0.25) is 5.91 Å². The second-order valence-electron chi connectivity index (χ2n) is 4.25. The first-order chi connectivity index (χ1) is 8.51. The second kappa shape index (κ2) is 9.53. The maximum atomic E-state index is 11.3. The van der Waals surface area contributed by atoms with Crippen molar-refractivity contribution in [2.75, 3.05) is 13.6 Å². The topological polar surface area (TPSA) is 82.1 Å². The van der Waals surface area contributed by atoms with Crippen LogP contribution >= 0.6 is 0 Å². The summed E-state index contributed by atoms with van der Waals surface area (Å²) >= 11 is 0. The van der Waals surface area contributed by atoms with Gasteiger partial charge in [0, 0.05) is 13.0 Å². The van der Waals surface area contributed by atoms with Crippen molar-refractivity contribution in [1.82, 2.24) is 10.6 Å². The number of carbonyl (C=O) groups is 2. The molecule has 0 aromatic carbocycles. The molecule has 0 saturated heterocycles. The Bertz CT molecular complexity index is 313. The average Bonchev–Trinajstić information content (AvgIpc) is 2.33. The molecule has 0 rings (SSSR count). The van der Waals surface area contributed by atoms with E-state index in [1.54, 1.807) is 14.0 Å². The van der Waals surface area contributed by atoms with Crippen molar-refractivity contribution in [2.45, 2.75) is 38.6 Å². The summed E-state index contributed by atoms with van der Waals surface area (Å²) in [4.78, 5) is 22.5. The zero-order chi connectivity index (χ0) is 14.0. The van der Waals surface area contributed by atoms with Crippen molar-refractivity contribution < 1.29 is 9.59 Å². The Morgan fingerprint density at radius 2 is 2.06 bits per heavy atom. The molecule has 0 fully saturated rings. The maximum absolute atomic E-state index is 11.3. The zero-order valence-corrected chi connectivity index (χ0v) is 11.2. The summed E-state index contributed by atoms with van der Waals surface area (Å²) in [6, 6.07) is -0.189. The molecule has 1 amide bonds. The lowest BCUT2D eigenvalue weighted by Gasteiger charge is -2.14. The van der Waals surface area contributed by atoms with Gasteiger partial charge >= 0.3 is 0 Å². The van der Waals surface area contributed by atoms with Gasteiger partial charge in [-0.3, -0.25) is 9.59 Å². The van der Waals surface area contributed by atoms with Crippen LogP contribution in [0.5, 0.6) is 0 Å². The van der Waals surface area contributed by atoms with Gasteiger partial charge in [-0.2, -0.15) is 0 Å². The van der Waals surface area contributed by atoms with E-state index in [1.165, 1.54) is 6.21 Å². The van der Waals surface area contributed by atoms with Gasteiger partial charge in [0.1, 0.15) is 5.78 Å². The molecule has 0 aromatic heterocycles. The van der Waals surface area contributed by atoms with Crippen LogP contribution in [0.25, 0.3) is 0 Å².